The van der Waals surface area contributed by atoms with Crippen molar-refractivity contribution in [3.05, 3.63) is 91.3 Å². The van der Waals surface area contributed by atoms with Gasteiger partial charge < -0.3 is 9.84 Å². The largest absolute Gasteiger partial charge is 0.481 e. The average Bonchev–Trinajstić information content (AvgIpc) is 2.84. The van der Waals surface area contributed by atoms with Crippen molar-refractivity contribution in [3.63, 3.8) is 0 Å². The van der Waals surface area contributed by atoms with Gasteiger partial charge in [-0.3, -0.25) is 9.59 Å². The molecule has 0 saturated heterocycles. The van der Waals surface area contributed by atoms with E-state index in [1.54, 1.807) is 37.3 Å². The van der Waals surface area contributed by atoms with Gasteiger partial charge in [-0.05, 0) is 98.9 Å². The molecular formula is C30H36Br2Cl2O4. The molecule has 3 atom stereocenters. The summed E-state index contributed by atoms with van der Waals surface area (Å²) in [5.74, 6) is -0.987. The molecule has 8 heteroatoms. The zero-order valence-corrected chi connectivity index (χ0v) is 27.3. The molecule has 38 heavy (non-hydrogen) atoms. The first-order valence-electron chi connectivity index (χ1n) is 12.3. The lowest BCUT2D eigenvalue weighted by Crippen LogP contribution is -2.41. The number of hydrogen-bond acceptors (Lipinski definition) is 3. The topological polar surface area (TPSA) is 63.6 Å². The van der Waals surface area contributed by atoms with Gasteiger partial charge in [-0.1, -0.05) is 81.3 Å². The van der Waals surface area contributed by atoms with Crippen LogP contribution in [0.2, 0.25) is 10.0 Å². The molecule has 208 valence electrons. The van der Waals surface area contributed by atoms with Crippen molar-refractivity contribution in [1.82, 2.24) is 0 Å². The van der Waals surface area contributed by atoms with Crippen LogP contribution in [-0.4, -0.2) is 23.7 Å². The summed E-state index contributed by atoms with van der Waals surface area (Å²) in [4.78, 5) is 23.7. The van der Waals surface area contributed by atoms with E-state index < -0.39 is 11.4 Å². The summed E-state index contributed by atoms with van der Waals surface area (Å²) in [5.41, 5.74) is 0.498. The van der Waals surface area contributed by atoms with Crippen molar-refractivity contribution < 1.29 is 19.4 Å². The van der Waals surface area contributed by atoms with E-state index in [0.717, 1.165) is 14.5 Å². The van der Waals surface area contributed by atoms with Crippen LogP contribution in [0.5, 0.6) is 0 Å². The Balaban J connectivity index is 0.000000380. The second-order valence-electron chi connectivity index (χ2n) is 9.84. The predicted octanol–water partition coefficient (Wildman–Crippen LogP) is 9.86. The summed E-state index contributed by atoms with van der Waals surface area (Å²) in [6, 6.07) is 10.8. The first kappa shape index (κ1) is 34.4. The number of carboxylic acids is 1. The Bertz CT molecular complexity index is 1150. The average molecular weight is 691 g/mol. The Kier molecular flexibility index (Phi) is 14.4. The molecular weight excluding hydrogens is 655 g/mol. The van der Waals surface area contributed by atoms with Crippen LogP contribution in [0.4, 0.5) is 0 Å². The van der Waals surface area contributed by atoms with Gasteiger partial charge in [0, 0.05) is 8.95 Å². The number of esters is 1. The Labute approximate surface area is 253 Å². The van der Waals surface area contributed by atoms with Gasteiger partial charge in [0.2, 0.25) is 0 Å². The van der Waals surface area contributed by atoms with Crippen molar-refractivity contribution >= 4 is 67.0 Å². The van der Waals surface area contributed by atoms with E-state index in [9.17, 15) is 14.7 Å². The number of carbonyl (C=O) groups is 2. The molecule has 0 aliphatic rings. The van der Waals surface area contributed by atoms with Gasteiger partial charge in [0.1, 0.15) is 6.61 Å². The van der Waals surface area contributed by atoms with E-state index in [2.05, 4.69) is 52.3 Å². The molecule has 0 radical (unpaired) electrons. The van der Waals surface area contributed by atoms with E-state index in [-0.39, 0.29) is 23.7 Å². The normalized spacial score (nSPS) is 14.4. The van der Waals surface area contributed by atoms with Crippen molar-refractivity contribution in [2.75, 3.05) is 6.61 Å². The zero-order valence-electron chi connectivity index (χ0n) is 22.6. The van der Waals surface area contributed by atoms with Gasteiger partial charge in [-0.15, -0.1) is 6.58 Å². The molecule has 0 saturated carbocycles. The first-order valence-corrected chi connectivity index (χ1v) is 14.6. The van der Waals surface area contributed by atoms with Crippen LogP contribution in [0.25, 0.3) is 0 Å². The highest BCUT2D eigenvalue weighted by atomic mass is 79.9. The van der Waals surface area contributed by atoms with Crippen LogP contribution in [0.15, 0.2) is 70.2 Å². The number of halogens is 4. The van der Waals surface area contributed by atoms with Crippen molar-refractivity contribution in [3.8, 4) is 0 Å². The molecule has 0 fully saturated rings. The maximum atomic E-state index is 11.9. The van der Waals surface area contributed by atoms with Crippen molar-refractivity contribution in [1.29, 1.82) is 0 Å². The Morgan fingerprint density at radius 2 is 1.58 bits per heavy atom. The molecule has 0 aliphatic carbocycles. The summed E-state index contributed by atoms with van der Waals surface area (Å²) in [6.07, 6.45) is 5.59. The summed E-state index contributed by atoms with van der Waals surface area (Å²) >= 11 is 18.7. The quantitative estimate of drug-likeness (QED) is 0.199. The second-order valence-corrected chi connectivity index (χ2v) is 12.4. The maximum Gasteiger partial charge on any atom is 0.314 e. The summed E-state index contributed by atoms with van der Waals surface area (Å²) in [5, 5.41) is 10.8. The molecule has 0 aliphatic heterocycles. The summed E-state index contributed by atoms with van der Waals surface area (Å²) < 4.78 is 6.77. The van der Waals surface area contributed by atoms with E-state index in [1.165, 1.54) is 0 Å². The monoisotopic (exact) mass is 688 g/mol. The first-order chi connectivity index (χ1) is 17.7. The Morgan fingerprint density at radius 1 is 1.03 bits per heavy atom. The van der Waals surface area contributed by atoms with E-state index >= 15 is 0 Å². The number of aliphatic carboxylic acids is 1. The Morgan fingerprint density at radius 3 is 2.03 bits per heavy atom. The van der Waals surface area contributed by atoms with Gasteiger partial charge in [-0.25, -0.2) is 0 Å². The third-order valence-electron chi connectivity index (χ3n) is 6.24. The minimum absolute atomic E-state index is 0.168. The minimum Gasteiger partial charge on any atom is -0.481 e. The van der Waals surface area contributed by atoms with Crippen molar-refractivity contribution in [2.45, 2.75) is 52.9 Å². The number of carboxylic acid groups (broad SMARTS) is 1. The fourth-order valence-corrected chi connectivity index (χ4v) is 4.82. The third-order valence-corrected chi connectivity index (χ3v) is 8.71. The second kappa shape index (κ2) is 15.9. The molecule has 2 aromatic rings. The smallest absolute Gasteiger partial charge is 0.314 e. The maximum absolute atomic E-state index is 11.9. The molecule has 3 unspecified atom stereocenters. The number of benzene rings is 2. The number of carbonyl (C=O) groups excluding carboxylic acids is 1. The highest BCUT2D eigenvalue weighted by Gasteiger charge is 2.43. The van der Waals surface area contributed by atoms with Crippen LogP contribution in [-0.2, 0) is 19.7 Å². The molecule has 1 N–H and O–H groups in total. The molecule has 4 nitrogen and oxygen atoms in total. The third kappa shape index (κ3) is 9.55. The van der Waals surface area contributed by atoms with Gasteiger partial charge >= 0.3 is 11.9 Å². The van der Waals surface area contributed by atoms with Crippen molar-refractivity contribution in [2.24, 2.45) is 17.8 Å². The van der Waals surface area contributed by atoms with Gasteiger partial charge in [-0.2, -0.15) is 0 Å². The number of ether oxygens (including phenoxy) is 1. The molecule has 0 aromatic heterocycles. The van der Waals surface area contributed by atoms with E-state index in [0.29, 0.717) is 28.1 Å². The fourth-order valence-electron chi connectivity index (χ4n) is 3.95. The zero-order chi connectivity index (χ0) is 29.2. The van der Waals surface area contributed by atoms with Gasteiger partial charge in [0.15, 0.2) is 0 Å². The molecule has 2 rings (SSSR count). The molecule has 0 heterocycles. The lowest BCUT2D eigenvalue weighted by Gasteiger charge is -2.35. The van der Waals surface area contributed by atoms with Crippen LogP contribution in [0.3, 0.4) is 0 Å². The SMILES string of the molecule is C=CC(C(C)C)C(C)(C(=O)O)c1ccc(Br)c(Cl)c1.CC(C)/C=C/COC(=O)C(C)c1ccc(Br)c(Cl)c1. The molecule has 2 aromatic carbocycles. The molecule has 0 bridgehead atoms. The van der Waals surface area contributed by atoms with Crippen LogP contribution < -0.4 is 0 Å². The lowest BCUT2D eigenvalue weighted by molar-refractivity contribution is -0.145. The number of allylic oxidation sites excluding steroid dienone is 2. The minimum atomic E-state index is -1.04. The Hall–Kier alpha value is -1.60. The van der Waals surface area contributed by atoms with Gasteiger partial charge in [0.25, 0.3) is 0 Å². The van der Waals surface area contributed by atoms with Gasteiger partial charge in [0.05, 0.1) is 21.4 Å². The lowest BCUT2D eigenvalue weighted by atomic mass is 9.67. The molecule has 0 spiro atoms. The van der Waals surface area contributed by atoms with E-state index in [4.69, 9.17) is 27.9 Å². The standard InChI is InChI=1S/2C15H18BrClO2/c1-10(2)5-4-8-19-15(18)11(3)12-6-7-13(16)14(17)9-12;1-5-11(9(2)3)15(4,14(18)19)10-6-7-12(16)13(17)8-10/h4-7,9-11H,8H2,1-3H3;5-9,11H,1H2,2-4H3,(H,18,19)/b5-4+;. The highest BCUT2D eigenvalue weighted by Crippen LogP contribution is 2.40. The fraction of sp³-hybridized carbons (Fsp3) is 0.400. The predicted molar refractivity (Wildman–Crippen MR) is 165 cm³/mol. The summed E-state index contributed by atoms with van der Waals surface area (Å²) in [6.45, 7) is 15.8. The number of rotatable bonds is 10. The van der Waals surface area contributed by atoms with E-state index in [1.807, 2.05) is 45.1 Å². The number of hydrogen-bond donors (Lipinski definition) is 1. The van der Waals surface area contributed by atoms with Crippen LogP contribution in [0.1, 0.15) is 58.6 Å². The molecule has 0 amide bonds. The van der Waals surface area contributed by atoms with Crippen LogP contribution >= 0.6 is 55.1 Å². The van der Waals surface area contributed by atoms with Crippen LogP contribution in [0, 0.1) is 17.8 Å². The summed E-state index contributed by atoms with van der Waals surface area (Å²) in [7, 11) is 0. The highest BCUT2D eigenvalue weighted by molar-refractivity contribution is 9.10.